The maximum Gasteiger partial charge on any atom is 0.256 e. The second-order valence-electron chi connectivity index (χ2n) is 12.9. The summed E-state index contributed by atoms with van der Waals surface area (Å²) in [5.41, 5.74) is 1.88. The van der Waals surface area contributed by atoms with Gasteiger partial charge < -0.3 is 19.6 Å². The van der Waals surface area contributed by atoms with E-state index in [1.165, 1.54) is 18.4 Å². The van der Waals surface area contributed by atoms with Gasteiger partial charge in [-0.3, -0.25) is 4.79 Å². The lowest BCUT2D eigenvalue weighted by molar-refractivity contribution is 0.0717. The van der Waals surface area contributed by atoms with Crippen molar-refractivity contribution in [3.8, 4) is 0 Å². The Morgan fingerprint density at radius 3 is 2.55 bits per heavy atom. The molecule has 3 heterocycles. The molecule has 1 N–H and O–H groups in total. The zero-order chi connectivity index (χ0) is 31.4. The molecule has 2 fully saturated rings. The van der Waals surface area contributed by atoms with Gasteiger partial charge in [0.2, 0.25) is 10.0 Å². The molecule has 2 aromatic rings. The fourth-order valence-corrected chi connectivity index (χ4v) is 8.18. The van der Waals surface area contributed by atoms with Gasteiger partial charge in [-0.25, -0.2) is 27.5 Å². The van der Waals surface area contributed by atoms with E-state index in [1.54, 1.807) is 17.3 Å². The molecule has 12 heteroatoms. The van der Waals surface area contributed by atoms with Gasteiger partial charge in [-0.1, -0.05) is 0 Å². The van der Waals surface area contributed by atoms with Crippen LogP contribution in [0.15, 0.2) is 30.7 Å². The Labute approximate surface area is 262 Å². The topological polar surface area (TPSA) is 102 Å². The summed E-state index contributed by atoms with van der Waals surface area (Å²) in [5.74, 6) is 0.858. The lowest BCUT2D eigenvalue weighted by Crippen LogP contribution is -2.46. The van der Waals surface area contributed by atoms with Gasteiger partial charge in [-0.15, -0.1) is 0 Å². The number of amides is 1. The number of fused-ring (bicyclic) bond motifs is 1. The number of carbonyl (C=O) groups excluding carboxylic acids is 1. The summed E-state index contributed by atoms with van der Waals surface area (Å²) in [6.45, 7) is 11.0. The number of aromatic nitrogens is 2. The summed E-state index contributed by atoms with van der Waals surface area (Å²) >= 11 is 0. The molecule has 2 aliphatic heterocycles. The number of hydrogen-bond donors (Lipinski definition) is 1. The Morgan fingerprint density at radius 2 is 1.84 bits per heavy atom. The van der Waals surface area contributed by atoms with Gasteiger partial charge in [-0.2, -0.15) is 0 Å². The van der Waals surface area contributed by atoms with Crippen LogP contribution in [0.3, 0.4) is 0 Å². The lowest BCUT2D eigenvalue weighted by Gasteiger charge is -2.42. The van der Waals surface area contributed by atoms with E-state index in [4.69, 9.17) is 4.98 Å². The average Bonchev–Trinajstić information content (AvgIpc) is 3.22. The minimum absolute atomic E-state index is 0.00204. The molecule has 0 radical (unpaired) electrons. The third-order valence-corrected chi connectivity index (χ3v) is 10.2. The smallest absolute Gasteiger partial charge is 0.256 e. The maximum absolute atomic E-state index is 14.5. The highest BCUT2D eigenvalue weighted by Crippen LogP contribution is 2.40. The third kappa shape index (κ3) is 7.69. The van der Waals surface area contributed by atoms with E-state index < -0.39 is 15.8 Å². The summed E-state index contributed by atoms with van der Waals surface area (Å²) in [6, 6.07) is 4.89. The number of nitrogens with one attached hydrogen (secondary N) is 1. The first-order chi connectivity index (χ1) is 21.0. The van der Waals surface area contributed by atoms with Crippen LogP contribution in [-0.4, -0.2) is 97.7 Å². The molecule has 0 spiro atoms. The Bertz CT molecular complexity index is 1400. The standard InChI is InChI=1S/C32H48FN7O3S/c1-5-38(23(2)3)32(41)28-19-25(33)10-13-29(28)40-18-17-39(31-30(40)20-34-22-35-31)27-7-6-15-37(16-14-27)21-24-8-11-26(12-9-24)36-44(4,42)43/h10,13,19-20,22-24,26-27,36H,5-9,11-12,14-18,21H2,1-4H3/t24-,26-,27?. The van der Waals surface area contributed by atoms with Crippen molar-refractivity contribution in [2.24, 2.45) is 5.92 Å². The number of halogens is 1. The number of benzene rings is 1. The molecular weight excluding hydrogens is 581 g/mol. The average molecular weight is 630 g/mol. The van der Waals surface area contributed by atoms with Gasteiger partial charge in [-0.05, 0) is 96.4 Å². The molecule has 1 unspecified atom stereocenters. The number of rotatable bonds is 9. The fraction of sp³-hybridized carbons (Fsp3) is 0.656. The molecule has 5 rings (SSSR count). The Hall–Kier alpha value is -2.83. The van der Waals surface area contributed by atoms with E-state index >= 15 is 0 Å². The molecule has 3 aliphatic rings. The van der Waals surface area contributed by atoms with Crippen LogP contribution in [0, 0.1) is 11.7 Å². The minimum atomic E-state index is -3.16. The highest BCUT2D eigenvalue weighted by molar-refractivity contribution is 7.88. The van der Waals surface area contributed by atoms with E-state index in [0.717, 1.165) is 82.6 Å². The lowest BCUT2D eigenvalue weighted by atomic mass is 9.86. The van der Waals surface area contributed by atoms with Crippen molar-refractivity contribution in [2.45, 2.75) is 83.8 Å². The van der Waals surface area contributed by atoms with Crippen LogP contribution in [-0.2, 0) is 10.0 Å². The monoisotopic (exact) mass is 629 g/mol. The second-order valence-corrected chi connectivity index (χ2v) is 14.7. The molecular formula is C32H48FN7O3S. The molecule has 1 amide bonds. The predicted molar refractivity (Wildman–Crippen MR) is 172 cm³/mol. The molecule has 1 saturated carbocycles. The Morgan fingerprint density at radius 1 is 1.07 bits per heavy atom. The van der Waals surface area contributed by atoms with Gasteiger partial charge in [0.15, 0.2) is 5.82 Å². The van der Waals surface area contributed by atoms with Crippen LogP contribution in [0.25, 0.3) is 0 Å². The zero-order valence-electron chi connectivity index (χ0n) is 26.6. The summed E-state index contributed by atoms with van der Waals surface area (Å²) in [7, 11) is -3.16. The largest absolute Gasteiger partial charge is 0.350 e. The summed E-state index contributed by atoms with van der Waals surface area (Å²) in [6.07, 6.45) is 11.8. The molecule has 242 valence electrons. The number of nitrogens with zero attached hydrogens (tertiary/aromatic N) is 6. The first kappa shape index (κ1) is 32.6. The summed E-state index contributed by atoms with van der Waals surface area (Å²) < 4.78 is 40.5. The number of anilines is 3. The van der Waals surface area contributed by atoms with E-state index in [0.29, 0.717) is 36.3 Å². The van der Waals surface area contributed by atoms with Crippen LogP contribution >= 0.6 is 0 Å². The van der Waals surface area contributed by atoms with Gasteiger partial charge in [0.25, 0.3) is 5.91 Å². The molecule has 1 saturated heterocycles. The van der Waals surface area contributed by atoms with Gasteiger partial charge in [0, 0.05) is 50.8 Å². The van der Waals surface area contributed by atoms with Gasteiger partial charge in [0.1, 0.15) is 17.8 Å². The van der Waals surface area contributed by atoms with Crippen molar-refractivity contribution in [1.82, 2.24) is 24.5 Å². The molecule has 1 aromatic carbocycles. The minimum Gasteiger partial charge on any atom is -0.350 e. The van der Waals surface area contributed by atoms with Crippen LogP contribution < -0.4 is 14.5 Å². The van der Waals surface area contributed by atoms with E-state index in [9.17, 15) is 17.6 Å². The Balaban J connectivity index is 1.27. The van der Waals surface area contributed by atoms with E-state index in [1.807, 2.05) is 27.0 Å². The third-order valence-electron chi connectivity index (χ3n) is 9.48. The number of likely N-dealkylation sites (tertiary alicyclic amines) is 1. The van der Waals surface area contributed by atoms with Gasteiger partial charge in [0.05, 0.1) is 23.7 Å². The summed E-state index contributed by atoms with van der Waals surface area (Å²) in [5, 5.41) is 0. The molecule has 10 nitrogen and oxygen atoms in total. The molecule has 1 aromatic heterocycles. The first-order valence-electron chi connectivity index (χ1n) is 16.2. The second kappa shape index (κ2) is 14.1. The van der Waals surface area contributed by atoms with Crippen LogP contribution in [0.1, 0.15) is 76.1 Å². The predicted octanol–water partition coefficient (Wildman–Crippen LogP) is 4.41. The van der Waals surface area contributed by atoms with Crippen molar-refractivity contribution in [1.29, 1.82) is 0 Å². The molecule has 1 atom stereocenters. The highest BCUT2D eigenvalue weighted by atomic mass is 32.2. The SMILES string of the molecule is CCN(C(=O)c1cc(F)ccc1N1CCN(C2CCCN(C[C@H]3CC[C@H](NS(C)(=O)=O)CC3)CC2)c2ncncc21)C(C)C. The van der Waals surface area contributed by atoms with Crippen LogP contribution in [0.5, 0.6) is 0 Å². The zero-order valence-corrected chi connectivity index (χ0v) is 27.4. The van der Waals surface area contributed by atoms with Crippen molar-refractivity contribution in [3.63, 3.8) is 0 Å². The maximum atomic E-state index is 14.5. The molecule has 0 bridgehead atoms. The van der Waals surface area contributed by atoms with Crippen LogP contribution in [0.2, 0.25) is 0 Å². The number of sulfonamides is 1. The molecule has 1 aliphatic carbocycles. The first-order valence-corrected chi connectivity index (χ1v) is 18.1. The van der Waals surface area contributed by atoms with E-state index in [-0.39, 0.29) is 18.0 Å². The van der Waals surface area contributed by atoms with Crippen LogP contribution in [0.4, 0.5) is 21.6 Å². The quantitative estimate of drug-likeness (QED) is 0.436. The van der Waals surface area contributed by atoms with Gasteiger partial charge >= 0.3 is 0 Å². The van der Waals surface area contributed by atoms with Crippen molar-refractivity contribution in [3.05, 3.63) is 42.1 Å². The fourth-order valence-electron chi connectivity index (χ4n) is 7.34. The number of hydrogen-bond acceptors (Lipinski definition) is 8. The summed E-state index contributed by atoms with van der Waals surface area (Å²) in [4.78, 5) is 31.5. The normalized spacial score (nSPS) is 23.4. The van der Waals surface area contributed by atoms with Crippen molar-refractivity contribution >= 4 is 33.1 Å². The van der Waals surface area contributed by atoms with E-state index in [2.05, 4.69) is 24.4 Å². The Kier molecular flexibility index (Phi) is 10.4. The van der Waals surface area contributed by atoms with Crippen molar-refractivity contribution in [2.75, 3.05) is 55.3 Å². The highest BCUT2D eigenvalue weighted by Gasteiger charge is 2.34. The van der Waals surface area contributed by atoms with Crippen molar-refractivity contribution < 1.29 is 17.6 Å². The number of carbonyl (C=O) groups is 1. The molecule has 44 heavy (non-hydrogen) atoms.